The van der Waals surface area contributed by atoms with E-state index in [2.05, 4.69) is 16.9 Å². The fourth-order valence-electron chi connectivity index (χ4n) is 2.76. The van der Waals surface area contributed by atoms with Crippen LogP contribution in [-0.4, -0.2) is 15.0 Å². The van der Waals surface area contributed by atoms with Gasteiger partial charge in [-0.25, -0.2) is 9.97 Å². The molecule has 0 fully saturated rings. The number of anilines is 1. The number of benzene rings is 1. The molecule has 3 aromatic heterocycles. The average molecular weight is 344 g/mol. The van der Waals surface area contributed by atoms with Crippen molar-refractivity contribution in [2.45, 2.75) is 6.92 Å². The topological polar surface area (TPSA) is 64.7 Å². The van der Waals surface area contributed by atoms with Gasteiger partial charge in [-0.1, -0.05) is 30.3 Å². The predicted molar refractivity (Wildman–Crippen MR) is 103 cm³/mol. The van der Waals surface area contributed by atoms with Crippen molar-refractivity contribution in [2.75, 3.05) is 5.73 Å². The number of aryl methyl sites for hydroxylation is 1. The molecule has 0 bridgehead atoms. The average Bonchev–Trinajstić information content (AvgIpc) is 3.12. The maximum absolute atomic E-state index is 6.18. The summed E-state index contributed by atoms with van der Waals surface area (Å²) in [4.78, 5) is 13.5. The molecule has 2 N–H and O–H groups in total. The fourth-order valence-corrected chi connectivity index (χ4v) is 3.60. The van der Waals surface area contributed by atoms with Gasteiger partial charge in [0.25, 0.3) is 0 Å². The molecule has 0 saturated heterocycles. The molecule has 1 aromatic carbocycles. The first-order valence-corrected chi connectivity index (χ1v) is 8.79. The van der Waals surface area contributed by atoms with Crippen LogP contribution in [0.1, 0.15) is 5.56 Å². The van der Waals surface area contributed by atoms with Gasteiger partial charge in [-0.15, -0.1) is 11.3 Å². The summed E-state index contributed by atoms with van der Waals surface area (Å²) in [7, 11) is 0. The van der Waals surface area contributed by atoms with E-state index < -0.39 is 0 Å². The van der Waals surface area contributed by atoms with Gasteiger partial charge in [-0.3, -0.25) is 4.98 Å². The Labute approximate surface area is 150 Å². The lowest BCUT2D eigenvalue weighted by molar-refractivity contribution is 1.25. The van der Waals surface area contributed by atoms with Crippen molar-refractivity contribution in [2.24, 2.45) is 0 Å². The van der Waals surface area contributed by atoms with Crippen molar-refractivity contribution in [3.05, 3.63) is 71.9 Å². The van der Waals surface area contributed by atoms with E-state index in [-0.39, 0.29) is 0 Å². The molecular formula is C20H16N4S. The smallest absolute Gasteiger partial charge is 0.131 e. The van der Waals surface area contributed by atoms with Gasteiger partial charge >= 0.3 is 0 Å². The molecule has 25 heavy (non-hydrogen) atoms. The molecular weight excluding hydrogens is 328 g/mol. The molecule has 5 heteroatoms. The minimum Gasteiger partial charge on any atom is -0.383 e. The number of nitrogen functional groups attached to an aromatic ring is 1. The minimum atomic E-state index is 0.508. The zero-order valence-electron chi connectivity index (χ0n) is 13.7. The largest absolute Gasteiger partial charge is 0.383 e. The monoisotopic (exact) mass is 344 g/mol. The van der Waals surface area contributed by atoms with Crippen molar-refractivity contribution in [1.82, 2.24) is 15.0 Å². The van der Waals surface area contributed by atoms with Crippen molar-refractivity contribution in [3.8, 4) is 33.1 Å². The number of aromatic nitrogens is 3. The number of rotatable bonds is 3. The second kappa shape index (κ2) is 6.45. The number of thiazole rings is 1. The van der Waals surface area contributed by atoms with E-state index in [9.17, 15) is 0 Å². The van der Waals surface area contributed by atoms with Gasteiger partial charge in [0.2, 0.25) is 0 Å². The standard InChI is InChI=1S/C20H16N4S/c1-13-7-9-22-16(11-13)17-12-25-20(24-17)15-8-10-23-19(21)18(15)14-5-3-2-4-6-14/h2-12H,1H3,(H2,21,23). The maximum atomic E-state index is 6.18. The van der Waals surface area contributed by atoms with Crippen molar-refractivity contribution in [3.63, 3.8) is 0 Å². The summed E-state index contributed by atoms with van der Waals surface area (Å²) in [5.74, 6) is 0.508. The van der Waals surface area contributed by atoms with E-state index in [1.807, 2.05) is 60.1 Å². The van der Waals surface area contributed by atoms with Crippen LogP contribution < -0.4 is 5.73 Å². The third-order valence-corrected chi connectivity index (χ3v) is 4.83. The lowest BCUT2D eigenvalue weighted by Gasteiger charge is -2.09. The van der Waals surface area contributed by atoms with Gasteiger partial charge in [-0.05, 0) is 36.2 Å². The van der Waals surface area contributed by atoms with Crippen LogP contribution >= 0.6 is 11.3 Å². The van der Waals surface area contributed by atoms with E-state index in [0.29, 0.717) is 5.82 Å². The van der Waals surface area contributed by atoms with Crippen molar-refractivity contribution < 1.29 is 0 Å². The van der Waals surface area contributed by atoms with Crippen LogP contribution in [0.25, 0.3) is 33.1 Å². The molecule has 0 saturated carbocycles. The van der Waals surface area contributed by atoms with Gasteiger partial charge in [-0.2, -0.15) is 0 Å². The first-order valence-electron chi connectivity index (χ1n) is 7.91. The van der Waals surface area contributed by atoms with E-state index in [0.717, 1.165) is 38.6 Å². The van der Waals surface area contributed by atoms with Crippen LogP contribution in [0.3, 0.4) is 0 Å². The van der Waals surface area contributed by atoms with E-state index >= 15 is 0 Å². The highest BCUT2D eigenvalue weighted by Crippen LogP contribution is 2.37. The zero-order chi connectivity index (χ0) is 17.2. The first-order chi connectivity index (χ1) is 12.2. The van der Waals surface area contributed by atoms with E-state index in [1.165, 1.54) is 0 Å². The summed E-state index contributed by atoms with van der Waals surface area (Å²) in [6.07, 6.45) is 3.53. The summed E-state index contributed by atoms with van der Waals surface area (Å²) in [5.41, 5.74) is 12.0. The Morgan fingerprint density at radius 3 is 2.52 bits per heavy atom. The SMILES string of the molecule is Cc1ccnc(-c2csc(-c3ccnc(N)c3-c3ccccc3)n2)c1. The number of hydrogen-bond donors (Lipinski definition) is 1. The molecule has 4 aromatic rings. The molecule has 4 nitrogen and oxygen atoms in total. The van der Waals surface area contributed by atoms with Crippen LogP contribution in [-0.2, 0) is 0 Å². The Morgan fingerprint density at radius 1 is 0.920 bits per heavy atom. The molecule has 0 aliphatic heterocycles. The Balaban J connectivity index is 1.83. The van der Waals surface area contributed by atoms with Crippen LogP contribution in [0.5, 0.6) is 0 Å². The molecule has 0 aliphatic carbocycles. The lowest BCUT2D eigenvalue weighted by atomic mass is 10.0. The quantitative estimate of drug-likeness (QED) is 0.578. The lowest BCUT2D eigenvalue weighted by Crippen LogP contribution is -1.96. The Morgan fingerprint density at radius 2 is 1.72 bits per heavy atom. The summed E-state index contributed by atoms with van der Waals surface area (Å²) in [6.45, 7) is 2.05. The predicted octanol–water partition coefficient (Wildman–Crippen LogP) is 4.82. The van der Waals surface area contributed by atoms with E-state index in [4.69, 9.17) is 10.7 Å². The molecule has 122 valence electrons. The Bertz CT molecular complexity index is 1020. The Kier molecular flexibility index (Phi) is 3.99. The number of pyridine rings is 2. The van der Waals surface area contributed by atoms with Crippen LogP contribution in [0, 0.1) is 6.92 Å². The summed E-state index contributed by atoms with van der Waals surface area (Å²) < 4.78 is 0. The highest BCUT2D eigenvalue weighted by atomic mass is 32.1. The van der Waals surface area contributed by atoms with Gasteiger partial charge in [0, 0.05) is 28.9 Å². The molecule has 3 heterocycles. The molecule has 0 aliphatic rings. The highest BCUT2D eigenvalue weighted by molar-refractivity contribution is 7.13. The maximum Gasteiger partial charge on any atom is 0.131 e. The minimum absolute atomic E-state index is 0.508. The zero-order valence-corrected chi connectivity index (χ0v) is 14.5. The fraction of sp³-hybridized carbons (Fsp3) is 0.0500. The molecule has 0 radical (unpaired) electrons. The third kappa shape index (κ3) is 3.02. The molecule has 0 amide bonds. The number of nitrogens with two attached hydrogens (primary N) is 1. The number of nitrogens with zero attached hydrogens (tertiary/aromatic N) is 3. The molecule has 0 atom stereocenters. The summed E-state index contributed by atoms with van der Waals surface area (Å²) in [5, 5.41) is 2.94. The van der Waals surface area contributed by atoms with Crippen LogP contribution in [0.2, 0.25) is 0 Å². The van der Waals surface area contributed by atoms with Crippen molar-refractivity contribution in [1.29, 1.82) is 0 Å². The van der Waals surface area contributed by atoms with Crippen LogP contribution in [0.4, 0.5) is 5.82 Å². The third-order valence-electron chi connectivity index (χ3n) is 3.96. The normalized spacial score (nSPS) is 10.8. The van der Waals surface area contributed by atoms with Gasteiger partial charge in [0.1, 0.15) is 16.5 Å². The van der Waals surface area contributed by atoms with Gasteiger partial charge in [0.15, 0.2) is 0 Å². The molecule has 0 spiro atoms. The van der Waals surface area contributed by atoms with Gasteiger partial charge in [0.05, 0.1) is 5.69 Å². The van der Waals surface area contributed by atoms with Crippen LogP contribution in [0.15, 0.2) is 66.3 Å². The van der Waals surface area contributed by atoms with Gasteiger partial charge < -0.3 is 5.73 Å². The summed E-state index contributed by atoms with van der Waals surface area (Å²) in [6, 6.07) is 16.0. The summed E-state index contributed by atoms with van der Waals surface area (Å²) >= 11 is 1.59. The first kappa shape index (κ1) is 15.5. The number of hydrogen-bond acceptors (Lipinski definition) is 5. The second-order valence-corrected chi connectivity index (χ2v) is 6.60. The Hall–Kier alpha value is -3.05. The highest BCUT2D eigenvalue weighted by Gasteiger charge is 2.15. The van der Waals surface area contributed by atoms with E-state index in [1.54, 1.807) is 17.5 Å². The molecule has 0 unspecified atom stereocenters. The second-order valence-electron chi connectivity index (χ2n) is 5.74. The van der Waals surface area contributed by atoms with Crippen molar-refractivity contribution >= 4 is 17.2 Å². The molecule has 4 rings (SSSR count).